The maximum absolute atomic E-state index is 11.2. The van der Waals surface area contributed by atoms with Crippen LogP contribution in [0.4, 0.5) is 4.39 Å². The first-order chi connectivity index (χ1) is 4.62. The fraction of sp³-hybridized carbons (Fsp3) is 0.333. The molecule has 10 heavy (non-hydrogen) atoms. The lowest BCUT2D eigenvalue weighted by Gasteiger charge is -1.84. The van der Waals surface area contributed by atoms with E-state index in [1.165, 1.54) is 0 Å². The number of rotatable bonds is 3. The number of hydrogen-bond donors (Lipinski definition) is 0. The smallest absolute Gasteiger partial charge is 0.221 e. The Labute approximate surface area is 56.8 Å². The van der Waals surface area contributed by atoms with E-state index in [0.29, 0.717) is 0 Å². The average molecular weight is 165 g/mol. The van der Waals surface area contributed by atoms with Crippen LogP contribution in [0.3, 0.4) is 0 Å². The first-order valence-electron chi connectivity index (χ1n) is 2.16. The summed E-state index contributed by atoms with van der Waals surface area (Å²) in [5.41, 5.74) is 7.66. The zero-order chi connectivity index (χ0) is 8.04. The quantitative estimate of drug-likeness (QED) is 0.356. The third kappa shape index (κ3) is 3.88. The van der Waals surface area contributed by atoms with Crippen molar-refractivity contribution < 1.29 is 12.8 Å². The van der Waals surface area contributed by atoms with Crippen LogP contribution < -0.4 is 0 Å². The highest BCUT2D eigenvalue weighted by Crippen LogP contribution is 1.92. The normalized spacial score (nSPS) is 11.3. The summed E-state index contributed by atoms with van der Waals surface area (Å²) in [6.45, 7) is 0. The molecular formula is C3H4FN3O2S. The van der Waals surface area contributed by atoms with Gasteiger partial charge in [-0.2, -0.15) is 0 Å². The Morgan fingerprint density at radius 3 is 2.70 bits per heavy atom. The van der Waals surface area contributed by atoms with Crippen LogP contribution >= 0.6 is 0 Å². The van der Waals surface area contributed by atoms with Gasteiger partial charge in [0.2, 0.25) is 10.0 Å². The van der Waals surface area contributed by atoms with Crippen molar-refractivity contribution in [1.82, 2.24) is 0 Å². The predicted octanol–water partition coefficient (Wildman–Crippen LogP) is 1.11. The molecule has 0 aromatic rings. The Balaban J connectivity index is 4.30. The molecule has 0 aromatic heterocycles. The van der Waals surface area contributed by atoms with Crippen molar-refractivity contribution in [3.8, 4) is 0 Å². The second-order valence-corrected chi connectivity index (χ2v) is 2.94. The molecular weight excluding hydrogens is 161 g/mol. The molecule has 0 aliphatic carbocycles. The van der Waals surface area contributed by atoms with Gasteiger partial charge in [0, 0.05) is 9.43 Å². The minimum atomic E-state index is -3.81. The predicted molar refractivity (Wildman–Crippen MR) is 33.2 cm³/mol. The summed E-state index contributed by atoms with van der Waals surface area (Å²) in [4.78, 5) is 2.04. The number of sulfonamides is 1. The SMILES string of the molecule is [N-]=[N+]=NS(=O)(=O)CC=CF. The van der Waals surface area contributed by atoms with Crippen LogP contribution in [-0.4, -0.2) is 14.2 Å². The van der Waals surface area contributed by atoms with E-state index < -0.39 is 15.8 Å². The molecule has 0 radical (unpaired) electrons. The van der Waals surface area contributed by atoms with Crippen LogP contribution in [0.2, 0.25) is 0 Å². The van der Waals surface area contributed by atoms with Crippen LogP contribution in [0.25, 0.3) is 10.4 Å². The molecule has 0 heterocycles. The summed E-state index contributed by atoms with van der Waals surface area (Å²) in [6, 6.07) is 0. The van der Waals surface area contributed by atoms with Crippen molar-refractivity contribution >= 4 is 10.0 Å². The Morgan fingerprint density at radius 2 is 2.30 bits per heavy atom. The van der Waals surface area contributed by atoms with Crippen molar-refractivity contribution in [1.29, 1.82) is 0 Å². The van der Waals surface area contributed by atoms with E-state index in [0.717, 1.165) is 6.08 Å². The van der Waals surface area contributed by atoms with E-state index in [1.807, 2.05) is 4.91 Å². The minimum Gasteiger partial charge on any atom is -0.221 e. The van der Waals surface area contributed by atoms with Crippen LogP contribution in [-0.2, 0) is 10.0 Å². The minimum absolute atomic E-state index is 0.0739. The highest BCUT2D eigenvalue weighted by atomic mass is 32.2. The number of nitrogens with zero attached hydrogens (tertiary/aromatic N) is 3. The summed E-state index contributed by atoms with van der Waals surface area (Å²) >= 11 is 0. The highest BCUT2D eigenvalue weighted by molar-refractivity contribution is 7.90. The summed E-state index contributed by atoms with van der Waals surface area (Å²) in [5, 5.41) is 0. The van der Waals surface area contributed by atoms with E-state index >= 15 is 0 Å². The third-order valence-electron chi connectivity index (χ3n) is 0.557. The van der Waals surface area contributed by atoms with Crippen molar-refractivity contribution in [2.45, 2.75) is 0 Å². The van der Waals surface area contributed by atoms with Crippen molar-refractivity contribution in [2.24, 2.45) is 4.52 Å². The largest absolute Gasteiger partial charge is 0.239 e. The Kier molecular flexibility index (Phi) is 3.45. The van der Waals surface area contributed by atoms with Crippen molar-refractivity contribution in [2.75, 3.05) is 5.75 Å². The van der Waals surface area contributed by atoms with E-state index in [2.05, 4.69) is 4.52 Å². The molecule has 7 heteroatoms. The Hall–Kier alpha value is -1.07. The fourth-order valence-electron chi connectivity index (χ4n) is 0.247. The van der Waals surface area contributed by atoms with E-state index in [9.17, 15) is 12.8 Å². The lowest BCUT2D eigenvalue weighted by molar-refractivity contribution is 0.599. The second kappa shape index (κ2) is 3.86. The van der Waals surface area contributed by atoms with Gasteiger partial charge in [-0.05, 0) is 11.6 Å². The molecule has 56 valence electrons. The molecule has 0 N–H and O–H groups in total. The van der Waals surface area contributed by atoms with E-state index in [-0.39, 0.29) is 6.33 Å². The molecule has 0 aliphatic heterocycles. The van der Waals surface area contributed by atoms with Gasteiger partial charge in [-0.15, -0.1) is 0 Å². The molecule has 5 nitrogen and oxygen atoms in total. The van der Waals surface area contributed by atoms with Gasteiger partial charge in [0.1, 0.15) is 0 Å². The number of halogens is 1. The standard InChI is InChI=1S/C3H4FN3O2S/c4-2-1-3-10(8,9)7-6-5/h1-2H,3H2. The lowest BCUT2D eigenvalue weighted by atomic mass is 10.7. The average Bonchev–Trinajstić information content (AvgIpc) is 1.84. The fourth-order valence-corrected chi connectivity index (χ4v) is 0.741. The molecule has 0 bridgehead atoms. The van der Waals surface area contributed by atoms with Gasteiger partial charge in [0.15, 0.2) is 0 Å². The van der Waals surface area contributed by atoms with Crippen molar-refractivity contribution in [3.05, 3.63) is 22.8 Å². The van der Waals surface area contributed by atoms with Gasteiger partial charge in [-0.3, -0.25) is 0 Å². The lowest BCUT2D eigenvalue weighted by Crippen LogP contribution is -1.96. The first-order valence-corrected chi connectivity index (χ1v) is 3.77. The maximum atomic E-state index is 11.2. The molecule has 0 aliphatic rings. The molecule has 0 aromatic carbocycles. The second-order valence-electron chi connectivity index (χ2n) is 1.28. The molecule has 0 unspecified atom stereocenters. The van der Waals surface area contributed by atoms with Gasteiger partial charge >= 0.3 is 0 Å². The van der Waals surface area contributed by atoms with Crippen LogP contribution in [0.1, 0.15) is 0 Å². The topological polar surface area (TPSA) is 82.9 Å². The Morgan fingerprint density at radius 1 is 1.70 bits per heavy atom. The monoisotopic (exact) mass is 165 g/mol. The first kappa shape index (κ1) is 8.93. The molecule has 0 saturated carbocycles. The van der Waals surface area contributed by atoms with Crippen LogP contribution in [0.5, 0.6) is 0 Å². The molecule has 0 rings (SSSR count). The molecule has 0 atom stereocenters. The van der Waals surface area contributed by atoms with E-state index in [4.69, 9.17) is 5.53 Å². The van der Waals surface area contributed by atoms with Crippen LogP contribution in [0.15, 0.2) is 16.9 Å². The van der Waals surface area contributed by atoms with Crippen molar-refractivity contribution in [3.63, 3.8) is 0 Å². The summed E-state index contributed by atoms with van der Waals surface area (Å²) < 4.78 is 34.3. The Bertz CT molecular complexity index is 263. The summed E-state index contributed by atoms with van der Waals surface area (Å²) in [6.07, 6.45) is 0.814. The molecule has 0 fully saturated rings. The summed E-state index contributed by atoms with van der Waals surface area (Å²) in [7, 11) is -3.81. The van der Waals surface area contributed by atoms with Gasteiger partial charge in [0.25, 0.3) is 0 Å². The zero-order valence-corrected chi connectivity index (χ0v) is 5.62. The molecule has 0 saturated heterocycles. The number of azide groups is 1. The zero-order valence-electron chi connectivity index (χ0n) is 4.81. The maximum Gasteiger partial charge on any atom is 0.239 e. The molecule has 0 amide bonds. The van der Waals surface area contributed by atoms with Gasteiger partial charge in [0.05, 0.1) is 12.1 Å². The number of hydrogen-bond acceptors (Lipinski definition) is 2. The van der Waals surface area contributed by atoms with Gasteiger partial charge in [-0.1, -0.05) is 0 Å². The van der Waals surface area contributed by atoms with Crippen LogP contribution in [0, 0.1) is 0 Å². The highest BCUT2D eigenvalue weighted by Gasteiger charge is 2.02. The third-order valence-corrected chi connectivity index (χ3v) is 1.49. The molecule has 0 spiro atoms. The van der Waals surface area contributed by atoms with Gasteiger partial charge in [-0.25, -0.2) is 12.8 Å². The summed E-state index contributed by atoms with van der Waals surface area (Å²) in [5.74, 6) is -0.604. The van der Waals surface area contributed by atoms with Gasteiger partial charge < -0.3 is 0 Å². The van der Waals surface area contributed by atoms with E-state index in [1.54, 1.807) is 0 Å².